The lowest BCUT2D eigenvalue weighted by Crippen LogP contribution is -2.15. The lowest BCUT2D eigenvalue weighted by molar-refractivity contribution is 0.117. The first-order valence-corrected chi connectivity index (χ1v) is 5.78. The Kier molecular flexibility index (Phi) is 7.35. The molecule has 0 amide bonds. The zero-order chi connectivity index (χ0) is 10.3. The first-order chi connectivity index (χ1) is 6.10. The molecule has 3 unspecified atom stereocenters. The predicted octanol–water partition coefficient (Wildman–Crippen LogP) is 3.61. The van der Waals surface area contributed by atoms with E-state index in [0.717, 1.165) is 12.8 Å². The van der Waals surface area contributed by atoms with Crippen molar-refractivity contribution in [3.05, 3.63) is 0 Å². The van der Waals surface area contributed by atoms with Crippen LogP contribution < -0.4 is 0 Å². The molecule has 1 heteroatoms. The molecule has 0 saturated carbocycles. The second-order valence-electron chi connectivity index (χ2n) is 4.53. The van der Waals surface area contributed by atoms with Crippen molar-refractivity contribution < 1.29 is 5.11 Å². The quantitative estimate of drug-likeness (QED) is 0.644. The molecule has 80 valence electrons. The molecule has 0 aliphatic heterocycles. The molecule has 0 radical (unpaired) electrons. The van der Waals surface area contributed by atoms with Gasteiger partial charge in [0.05, 0.1) is 6.10 Å². The van der Waals surface area contributed by atoms with E-state index in [1.807, 2.05) is 0 Å². The molecule has 0 aromatic rings. The van der Waals surface area contributed by atoms with Gasteiger partial charge in [0, 0.05) is 0 Å². The molecular weight excluding hydrogens is 160 g/mol. The third kappa shape index (κ3) is 7.06. The van der Waals surface area contributed by atoms with Crippen molar-refractivity contribution >= 4 is 0 Å². The van der Waals surface area contributed by atoms with Crippen molar-refractivity contribution in [2.24, 2.45) is 11.8 Å². The van der Waals surface area contributed by atoms with Crippen LogP contribution in [0.25, 0.3) is 0 Å². The average molecular weight is 186 g/mol. The molecule has 1 nitrogen and oxygen atoms in total. The Morgan fingerprint density at radius 1 is 1.00 bits per heavy atom. The maximum Gasteiger partial charge on any atom is 0.0545 e. The standard InChI is InChI=1S/C12H26O/c1-5-7-11(4)9-12(13)8-10(3)6-2/h10-13H,5-9H2,1-4H3. The molecule has 0 aromatic heterocycles. The van der Waals surface area contributed by atoms with E-state index in [1.165, 1.54) is 19.3 Å². The number of hydrogen-bond acceptors (Lipinski definition) is 1. The Labute approximate surface area is 83.5 Å². The molecule has 0 spiro atoms. The Morgan fingerprint density at radius 2 is 1.54 bits per heavy atom. The fourth-order valence-corrected chi connectivity index (χ4v) is 1.80. The maximum atomic E-state index is 9.75. The number of aliphatic hydroxyl groups excluding tert-OH is 1. The van der Waals surface area contributed by atoms with Crippen LogP contribution in [0.5, 0.6) is 0 Å². The second-order valence-corrected chi connectivity index (χ2v) is 4.53. The minimum Gasteiger partial charge on any atom is -0.393 e. The third-order valence-electron chi connectivity index (χ3n) is 2.83. The molecule has 0 heterocycles. The number of aliphatic hydroxyl groups is 1. The molecule has 0 aliphatic rings. The molecule has 3 atom stereocenters. The predicted molar refractivity (Wildman–Crippen MR) is 58.8 cm³/mol. The van der Waals surface area contributed by atoms with Gasteiger partial charge in [0.1, 0.15) is 0 Å². The van der Waals surface area contributed by atoms with Crippen LogP contribution in [-0.4, -0.2) is 11.2 Å². The average Bonchev–Trinajstić information content (AvgIpc) is 2.04. The minimum atomic E-state index is -0.0727. The Bertz CT molecular complexity index is 112. The zero-order valence-corrected chi connectivity index (χ0v) is 9.71. The van der Waals surface area contributed by atoms with Crippen molar-refractivity contribution in [2.45, 2.75) is 65.9 Å². The molecule has 0 saturated heterocycles. The highest BCUT2D eigenvalue weighted by Crippen LogP contribution is 2.18. The fourth-order valence-electron chi connectivity index (χ4n) is 1.80. The SMILES string of the molecule is CCCC(C)CC(O)CC(C)CC. The molecule has 13 heavy (non-hydrogen) atoms. The van der Waals surface area contributed by atoms with Gasteiger partial charge in [-0.05, 0) is 24.7 Å². The summed E-state index contributed by atoms with van der Waals surface area (Å²) in [6.45, 7) is 8.85. The number of rotatable bonds is 7. The summed E-state index contributed by atoms with van der Waals surface area (Å²) in [5.41, 5.74) is 0. The van der Waals surface area contributed by atoms with E-state index >= 15 is 0 Å². The molecule has 0 bridgehead atoms. The topological polar surface area (TPSA) is 20.2 Å². The third-order valence-corrected chi connectivity index (χ3v) is 2.83. The van der Waals surface area contributed by atoms with Gasteiger partial charge in [0.25, 0.3) is 0 Å². The van der Waals surface area contributed by atoms with Crippen molar-refractivity contribution in [2.75, 3.05) is 0 Å². The van der Waals surface area contributed by atoms with Crippen molar-refractivity contribution in [1.29, 1.82) is 0 Å². The molecule has 0 fully saturated rings. The largest absolute Gasteiger partial charge is 0.393 e. The van der Waals surface area contributed by atoms with Crippen LogP contribution >= 0.6 is 0 Å². The van der Waals surface area contributed by atoms with Gasteiger partial charge in [-0.25, -0.2) is 0 Å². The lowest BCUT2D eigenvalue weighted by atomic mass is 9.92. The maximum absolute atomic E-state index is 9.75. The summed E-state index contributed by atoms with van der Waals surface area (Å²) in [7, 11) is 0. The van der Waals surface area contributed by atoms with Crippen molar-refractivity contribution in [3.63, 3.8) is 0 Å². The summed E-state index contributed by atoms with van der Waals surface area (Å²) in [5.74, 6) is 1.35. The normalized spacial score (nSPS) is 18.2. The van der Waals surface area contributed by atoms with E-state index < -0.39 is 0 Å². The molecule has 0 rings (SSSR count). The molecule has 1 N–H and O–H groups in total. The van der Waals surface area contributed by atoms with Crippen molar-refractivity contribution in [1.82, 2.24) is 0 Å². The van der Waals surface area contributed by atoms with Crippen LogP contribution in [0, 0.1) is 11.8 Å². The second kappa shape index (κ2) is 7.37. The van der Waals surface area contributed by atoms with Gasteiger partial charge in [-0.3, -0.25) is 0 Å². The fraction of sp³-hybridized carbons (Fsp3) is 1.00. The summed E-state index contributed by atoms with van der Waals surface area (Å²) >= 11 is 0. The summed E-state index contributed by atoms with van der Waals surface area (Å²) in [6, 6.07) is 0. The zero-order valence-electron chi connectivity index (χ0n) is 9.71. The van der Waals surface area contributed by atoms with Gasteiger partial charge in [-0.2, -0.15) is 0 Å². The summed E-state index contributed by atoms with van der Waals surface area (Å²) in [4.78, 5) is 0. The Morgan fingerprint density at radius 3 is 2.00 bits per heavy atom. The van der Waals surface area contributed by atoms with Gasteiger partial charge in [-0.1, -0.05) is 47.0 Å². The molecule has 0 aliphatic carbocycles. The summed E-state index contributed by atoms with van der Waals surface area (Å²) < 4.78 is 0. The van der Waals surface area contributed by atoms with E-state index in [1.54, 1.807) is 0 Å². The van der Waals surface area contributed by atoms with E-state index in [-0.39, 0.29) is 6.10 Å². The van der Waals surface area contributed by atoms with Crippen molar-refractivity contribution in [3.8, 4) is 0 Å². The van der Waals surface area contributed by atoms with Crippen LogP contribution in [0.2, 0.25) is 0 Å². The van der Waals surface area contributed by atoms with Gasteiger partial charge >= 0.3 is 0 Å². The van der Waals surface area contributed by atoms with Crippen LogP contribution in [0.3, 0.4) is 0 Å². The Balaban J connectivity index is 3.54. The minimum absolute atomic E-state index is 0.0727. The summed E-state index contributed by atoms with van der Waals surface area (Å²) in [6.07, 6.45) is 5.55. The van der Waals surface area contributed by atoms with Crippen LogP contribution in [0.15, 0.2) is 0 Å². The van der Waals surface area contributed by atoms with E-state index in [2.05, 4.69) is 27.7 Å². The van der Waals surface area contributed by atoms with Gasteiger partial charge in [0.15, 0.2) is 0 Å². The van der Waals surface area contributed by atoms with E-state index in [9.17, 15) is 5.11 Å². The summed E-state index contributed by atoms with van der Waals surface area (Å²) in [5, 5.41) is 9.75. The first kappa shape index (κ1) is 13.0. The number of hydrogen-bond donors (Lipinski definition) is 1. The lowest BCUT2D eigenvalue weighted by Gasteiger charge is -2.18. The van der Waals surface area contributed by atoms with Gasteiger partial charge in [0.2, 0.25) is 0 Å². The van der Waals surface area contributed by atoms with Gasteiger partial charge in [-0.15, -0.1) is 0 Å². The monoisotopic (exact) mass is 186 g/mol. The van der Waals surface area contributed by atoms with Crippen LogP contribution in [-0.2, 0) is 0 Å². The van der Waals surface area contributed by atoms with Crippen LogP contribution in [0.1, 0.15) is 59.8 Å². The van der Waals surface area contributed by atoms with E-state index in [0.29, 0.717) is 11.8 Å². The highest BCUT2D eigenvalue weighted by Gasteiger charge is 2.12. The first-order valence-electron chi connectivity index (χ1n) is 5.78. The van der Waals surface area contributed by atoms with Gasteiger partial charge < -0.3 is 5.11 Å². The smallest absolute Gasteiger partial charge is 0.0545 e. The molecule has 0 aromatic carbocycles. The highest BCUT2D eigenvalue weighted by molar-refractivity contribution is 4.64. The van der Waals surface area contributed by atoms with Crippen LogP contribution in [0.4, 0.5) is 0 Å². The Hall–Kier alpha value is -0.0400. The van der Waals surface area contributed by atoms with E-state index in [4.69, 9.17) is 0 Å². The highest BCUT2D eigenvalue weighted by atomic mass is 16.3. The molecular formula is C12H26O.